The lowest BCUT2D eigenvalue weighted by atomic mass is 10.2. The molecule has 1 aliphatic heterocycles. The third-order valence-corrected chi connectivity index (χ3v) is 8.10. The van der Waals surface area contributed by atoms with Gasteiger partial charge in [0.2, 0.25) is 10.0 Å². The molecule has 0 bridgehead atoms. The van der Waals surface area contributed by atoms with Crippen molar-refractivity contribution in [2.75, 3.05) is 31.1 Å². The molecule has 0 atom stereocenters. The Morgan fingerprint density at radius 2 is 1.61 bits per heavy atom. The van der Waals surface area contributed by atoms with Crippen molar-refractivity contribution in [3.8, 4) is 0 Å². The Morgan fingerprint density at radius 3 is 2.32 bits per heavy atom. The third kappa shape index (κ3) is 3.35. The highest BCUT2D eigenvalue weighted by atomic mass is 35.5. The van der Waals surface area contributed by atoms with Gasteiger partial charge in [0.1, 0.15) is 10.8 Å². The van der Waals surface area contributed by atoms with Crippen LogP contribution in [0, 0.1) is 13.8 Å². The lowest BCUT2D eigenvalue weighted by Gasteiger charge is -2.35. The van der Waals surface area contributed by atoms with E-state index in [-0.39, 0.29) is 0 Å². The van der Waals surface area contributed by atoms with Crippen LogP contribution in [0.4, 0.5) is 5.82 Å². The summed E-state index contributed by atoms with van der Waals surface area (Å²) in [4.78, 5) is 7.29. The molecule has 5 rings (SSSR count). The van der Waals surface area contributed by atoms with Crippen LogP contribution in [0.1, 0.15) is 11.3 Å². The number of anilines is 1. The zero-order valence-electron chi connectivity index (χ0n) is 17.3. The maximum Gasteiger partial charge on any atom is 0.243 e. The second kappa shape index (κ2) is 7.47. The molecule has 0 saturated carbocycles. The molecule has 0 radical (unpaired) electrons. The van der Waals surface area contributed by atoms with Gasteiger partial charge in [-0.1, -0.05) is 41.4 Å². The van der Waals surface area contributed by atoms with Crippen LogP contribution < -0.4 is 4.90 Å². The molecule has 0 spiro atoms. The van der Waals surface area contributed by atoms with Gasteiger partial charge in [-0.2, -0.15) is 9.40 Å². The Labute approximate surface area is 185 Å². The molecule has 160 valence electrons. The summed E-state index contributed by atoms with van der Waals surface area (Å²) in [5.74, 6) is 0.803. The highest BCUT2D eigenvalue weighted by Crippen LogP contribution is 2.31. The molecular weight excluding hydrogens is 434 g/mol. The summed E-state index contributed by atoms with van der Waals surface area (Å²) >= 11 is 6.46. The van der Waals surface area contributed by atoms with Gasteiger partial charge in [-0.3, -0.25) is 0 Å². The Bertz CT molecular complexity index is 1390. The van der Waals surface area contributed by atoms with Gasteiger partial charge in [0, 0.05) is 31.6 Å². The number of sulfonamides is 1. The first-order valence-electron chi connectivity index (χ1n) is 10.1. The zero-order chi connectivity index (χ0) is 21.8. The first-order chi connectivity index (χ1) is 14.9. The largest absolute Gasteiger partial charge is 0.353 e. The van der Waals surface area contributed by atoms with E-state index in [1.807, 2.05) is 50.2 Å². The van der Waals surface area contributed by atoms with Gasteiger partial charge in [-0.25, -0.2) is 17.9 Å². The molecular formula is C22H22ClN5O2S. The highest BCUT2D eigenvalue weighted by Gasteiger charge is 2.30. The summed E-state index contributed by atoms with van der Waals surface area (Å²) in [6.45, 7) is 5.68. The Hall–Kier alpha value is -2.68. The van der Waals surface area contributed by atoms with E-state index in [0.717, 1.165) is 28.0 Å². The van der Waals surface area contributed by atoms with Crippen molar-refractivity contribution in [2.45, 2.75) is 18.7 Å². The van der Waals surface area contributed by atoms with Crippen molar-refractivity contribution in [2.24, 2.45) is 0 Å². The maximum absolute atomic E-state index is 13.0. The van der Waals surface area contributed by atoms with E-state index in [1.165, 1.54) is 0 Å². The molecule has 0 amide bonds. The molecule has 1 fully saturated rings. The number of halogens is 1. The van der Waals surface area contributed by atoms with Gasteiger partial charge in [0.15, 0.2) is 5.65 Å². The fraction of sp³-hybridized carbons (Fsp3) is 0.273. The summed E-state index contributed by atoms with van der Waals surface area (Å²) in [5, 5.41) is 6.02. The van der Waals surface area contributed by atoms with Crippen molar-refractivity contribution in [3.63, 3.8) is 0 Å². The number of hydrogen-bond acceptors (Lipinski definition) is 5. The van der Waals surface area contributed by atoms with E-state index in [4.69, 9.17) is 16.6 Å². The number of aromatic nitrogens is 3. The smallest absolute Gasteiger partial charge is 0.243 e. The molecule has 0 unspecified atom stereocenters. The summed E-state index contributed by atoms with van der Waals surface area (Å²) < 4.78 is 29.4. The average molecular weight is 456 g/mol. The van der Waals surface area contributed by atoms with E-state index in [0.29, 0.717) is 41.7 Å². The van der Waals surface area contributed by atoms with E-state index in [1.54, 1.807) is 21.0 Å². The number of benzene rings is 2. The average Bonchev–Trinajstić information content (AvgIpc) is 3.07. The summed E-state index contributed by atoms with van der Waals surface area (Å²) in [6.07, 6.45) is 0. The Morgan fingerprint density at radius 1 is 0.935 bits per heavy atom. The fourth-order valence-corrected chi connectivity index (χ4v) is 5.59. The second-order valence-corrected chi connectivity index (χ2v) is 10.1. The van der Waals surface area contributed by atoms with Crippen LogP contribution in [0.15, 0.2) is 53.4 Å². The zero-order valence-corrected chi connectivity index (χ0v) is 18.9. The van der Waals surface area contributed by atoms with Gasteiger partial charge in [-0.05, 0) is 38.1 Å². The van der Waals surface area contributed by atoms with Crippen LogP contribution in [-0.4, -0.2) is 53.5 Å². The number of rotatable bonds is 3. The number of aryl methyl sites for hydroxylation is 2. The molecule has 1 saturated heterocycles. The second-order valence-electron chi connectivity index (χ2n) is 7.79. The first-order valence-corrected chi connectivity index (χ1v) is 11.9. The lowest BCUT2D eigenvalue weighted by Crippen LogP contribution is -2.49. The molecule has 1 aliphatic rings. The summed E-state index contributed by atoms with van der Waals surface area (Å²) in [5.41, 5.74) is 3.30. The lowest BCUT2D eigenvalue weighted by molar-refractivity contribution is 0.384. The molecule has 7 nitrogen and oxygen atoms in total. The number of fused-ring (bicyclic) bond motifs is 3. The number of para-hydroxylation sites is 1. The van der Waals surface area contributed by atoms with Crippen LogP contribution in [-0.2, 0) is 10.0 Å². The number of hydrogen-bond donors (Lipinski definition) is 0. The van der Waals surface area contributed by atoms with Crippen molar-refractivity contribution in [3.05, 3.63) is 64.8 Å². The third-order valence-electron chi connectivity index (χ3n) is 5.75. The van der Waals surface area contributed by atoms with Crippen molar-refractivity contribution in [1.82, 2.24) is 18.9 Å². The minimum absolute atomic E-state index is 0.332. The van der Waals surface area contributed by atoms with Crippen LogP contribution in [0.2, 0.25) is 5.02 Å². The Balaban J connectivity index is 1.48. The van der Waals surface area contributed by atoms with Crippen LogP contribution in [0.5, 0.6) is 0 Å². The molecule has 4 aromatic rings. The van der Waals surface area contributed by atoms with Gasteiger partial charge in [0.05, 0.1) is 16.1 Å². The molecule has 9 heteroatoms. The SMILES string of the molecule is Cc1ccc(S(=O)(=O)N2CCN(c3nc4c(Cl)c(C)nn4c4ccccc34)CC2)cc1. The van der Waals surface area contributed by atoms with E-state index in [2.05, 4.69) is 10.00 Å². The van der Waals surface area contributed by atoms with Crippen molar-refractivity contribution < 1.29 is 8.42 Å². The molecule has 2 aromatic carbocycles. The monoisotopic (exact) mass is 455 g/mol. The van der Waals surface area contributed by atoms with Crippen LogP contribution >= 0.6 is 11.6 Å². The van der Waals surface area contributed by atoms with E-state index < -0.39 is 10.0 Å². The number of piperazine rings is 1. The van der Waals surface area contributed by atoms with Gasteiger partial charge in [0.25, 0.3) is 0 Å². The minimum Gasteiger partial charge on any atom is -0.353 e. The predicted molar refractivity (Wildman–Crippen MR) is 122 cm³/mol. The van der Waals surface area contributed by atoms with Crippen molar-refractivity contribution >= 4 is 44.0 Å². The maximum atomic E-state index is 13.0. The quantitative estimate of drug-likeness (QED) is 0.471. The fourth-order valence-electron chi connectivity index (χ4n) is 4.01. The predicted octanol–water partition coefficient (Wildman–Crippen LogP) is 3.66. The standard InChI is InChI=1S/C22H22ClN5O2S/c1-15-7-9-17(10-8-15)31(29,30)27-13-11-26(12-14-27)21-18-5-3-4-6-19(18)28-22(24-21)20(23)16(2)25-28/h3-10H,11-14H2,1-2H3. The first kappa shape index (κ1) is 20.2. The summed E-state index contributed by atoms with van der Waals surface area (Å²) in [6, 6.07) is 14.9. The van der Waals surface area contributed by atoms with E-state index >= 15 is 0 Å². The van der Waals surface area contributed by atoms with Crippen LogP contribution in [0.25, 0.3) is 16.6 Å². The normalized spacial score (nSPS) is 15.8. The molecule has 3 heterocycles. The topological polar surface area (TPSA) is 70.8 Å². The summed E-state index contributed by atoms with van der Waals surface area (Å²) in [7, 11) is -3.51. The van der Waals surface area contributed by atoms with Gasteiger partial charge < -0.3 is 4.90 Å². The molecule has 2 aromatic heterocycles. The van der Waals surface area contributed by atoms with Crippen LogP contribution in [0.3, 0.4) is 0 Å². The van der Waals surface area contributed by atoms with Gasteiger partial charge in [-0.15, -0.1) is 0 Å². The molecule has 31 heavy (non-hydrogen) atoms. The van der Waals surface area contributed by atoms with Crippen molar-refractivity contribution in [1.29, 1.82) is 0 Å². The van der Waals surface area contributed by atoms with E-state index in [9.17, 15) is 8.42 Å². The molecule has 0 aliphatic carbocycles. The Kier molecular flexibility index (Phi) is 4.88. The highest BCUT2D eigenvalue weighted by molar-refractivity contribution is 7.89. The molecule has 0 N–H and O–H groups in total. The number of nitrogens with zero attached hydrogens (tertiary/aromatic N) is 5. The van der Waals surface area contributed by atoms with Gasteiger partial charge >= 0.3 is 0 Å². The minimum atomic E-state index is -3.51.